The second-order valence-electron chi connectivity index (χ2n) is 8.79. The van der Waals surface area contributed by atoms with Crippen molar-refractivity contribution < 1.29 is 27.4 Å². The van der Waals surface area contributed by atoms with E-state index in [9.17, 15) is 8.42 Å². The number of hydrogen-bond donors (Lipinski definition) is 0. The van der Waals surface area contributed by atoms with E-state index in [4.69, 9.17) is 18.9 Å². The lowest BCUT2D eigenvalue weighted by molar-refractivity contribution is -0.219. The van der Waals surface area contributed by atoms with Crippen LogP contribution in [0.25, 0.3) is 0 Å². The zero-order chi connectivity index (χ0) is 21.8. The Morgan fingerprint density at radius 2 is 1.74 bits per heavy atom. The highest BCUT2D eigenvalue weighted by atomic mass is 32.2. The van der Waals surface area contributed by atoms with Gasteiger partial charge in [-0.3, -0.25) is 0 Å². The zero-order valence-corrected chi connectivity index (χ0v) is 18.6. The van der Waals surface area contributed by atoms with Crippen molar-refractivity contribution in [3.63, 3.8) is 0 Å². The van der Waals surface area contributed by atoms with Crippen LogP contribution >= 0.6 is 0 Å². The Labute approximate surface area is 182 Å². The quantitative estimate of drug-likeness (QED) is 0.637. The van der Waals surface area contributed by atoms with Gasteiger partial charge in [0.1, 0.15) is 18.3 Å². The SMILES string of the molecule is Cc1ccc(S(=O)(=O)N2C[C@H]2[C@H]2O[C@@H]3OC(C)(C)O[C@@H]3[C@H]2OCc2ccccc2)cc1. The third-order valence-corrected chi connectivity index (χ3v) is 7.83. The summed E-state index contributed by atoms with van der Waals surface area (Å²) in [5, 5.41) is 0. The van der Waals surface area contributed by atoms with Crippen molar-refractivity contribution >= 4 is 10.0 Å². The molecule has 0 saturated carbocycles. The second-order valence-corrected chi connectivity index (χ2v) is 10.7. The fraction of sp³-hybridized carbons (Fsp3) is 0.478. The van der Waals surface area contributed by atoms with E-state index >= 15 is 0 Å². The molecule has 5 rings (SSSR count). The molecule has 8 heteroatoms. The molecule has 0 aliphatic carbocycles. The first-order chi connectivity index (χ1) is 14.7. The number of fused-ring (bicyclic) bond motifs is 1. The molecule has 0 bridgehead atoms. The van der Waals surface area contributed by atoms with Gasteiger partial charge >= 0.3 is 0 Å². The highest BCUT2D eigenvalue weighted by Gasteiger charge is 2.62. The lowest BCUT2D eigenvalue weighted by Gasteiger charge is -2.26. The van der Waals surface area contributed by atoms with Gasteiger partial charge in [-0.25, -0.2) is 8.42 Å². The summed E-state index contributed by atoms with van der Waals surface area (Å²) < 4.78 is 52.0. The van der Waals surface area contributed by atoms with Crippen molar-refractivity contribution in [2.24, 2.45) is 0 Å². The fourth-order valence-electron chi connectivity index (χ4n) is 4.30. The summed E-state index contributed by atoms with van der Waals surface area (Å²) in [6.07, 6.45) is -1.89. The Morgan fingerprint density at radius 1 is 1.03 bits per heavy atom. The summed E-state index contributed by atoms with van der Waals surface area (Å²) in [5.74, 6) is -0.772. The van der Waals surface area contributed by atoms with Crippen LogP contribution < -0.4 is 0 Å². The molecule has 0 radical (unpaired) electrons. The van der Waals surface area contributed by atoms with Gasteiger partial charge in [0.2, 0.25) is 10.0 Å². The summed E-state index contributed by atoms with van der Waals surface area (Å²) >= 11 is 0. The number of benzene rings is 2. The summed E-state index contributed by atoms with van der Waals surface area (Å²) in [5.41, 5.74) is 2.04. The summed E-state index contributed by atoms with van der Waals surface area (Å²) in [4.78, 5) is 0.286. The lowest BCUT2D eigenvalue weighted by Crippen LogP contribution is -2.40. The van der Waals surface area contributed by atoms with Crippen LogP contribution in [0.5, 0.6) is 0 Å². The Kier molecular flexibility index (Phi) is 5.20. The van der Waals surface area contributed by atoms with Crippen LogP contribution in [0.4, 0.5) is 0 Å². The number of hydrogen-bond acceptors (Lipinski definition) is 6. The second kappa shape index (κ2) is 7.65. The lowest BCUT2D eigenvalue weighted by atomic mass is 10.1. The predicted octanol–water partition coefficient (Wildman–Crippen LogP) is 2.83. The van der Waals surface area contributed by atoms with Gasteiger partial charge in [0.15, 0.2) is 12.1 Å². The van der Waals surface area contributed by atoms with Crippen LogP contribution in [-0.2, 0) is 35.6 Å². The number of rotatable bonds is 6. The summed E-state index contributed by atoms with van der Waals surface area (Å²) in [6.45, 7) is 6.37. The maximum atomic E-state index is 13.1. The maximum Gasteiger partial charge on any atom is 0.243 e. The Hall–Kier alpha value is -1.81. The molecule has 0 spiro atoms. The van der Waals surface area contributed by atoms with Crippen molar-refractivity contribution in [2.75, 3.05) is 6.54 Å². The van der Waals surface area contributed by atoms with E-state index < -0.39 is 40.4 Å². The topological polar surface area (TPSA) is 74.1 Å². The van der Waals surface area contributed by atoms with Crippen molar-refractivity contribution in [2.45, 2.75) is 68.7 Å². The Balaban J connectivity index is 1.34. The van der Waals surface area contributed by atoms with E-state index in [0.29, 0.717) is 13.2 Å². The Morgan fingerprint density at radius 3 is 2.45 bits per heavy atom. The van der Waals surface area contributed by atoms with Crippen LogP contribution in [0.15, 0.2) is 59.5 Å². The first-order valence-electron chi connectivity index (χ1n) is 10.5. The molecule has 0 aromatic heterocycles. The smallest absolute Gasteiger partial charge is 0.243 e. The average molecular weight is 446 g/mol. The summed E-state index contributed by atoms with van der Waals surface area (Å²) in [7, 11) is -3.59. The minimum absolute atomic E-state index is 0.286. The molecule has 31 heavy (non-hydrogen) atoms. The van der Waals surface area contributed by atoms with Gasteiger partial charge < -0.3 is 18.9 Å². The maximum absolute atomic E-state index is 13.1. The molecule has 3 aliphatic rings. The van der Waals surface area contributed by atoms with Gasteiger partial charge in [-0.1, -0.05) is 48.0 Å². The van der Waals surface area contributed by atoms with E-state index in [1.54, 1.807) is 24.3 Å². The standard InChI is InChI=1S/C23H27NO6S/c1-15-9-11-17(12-10-15)31(25,26)24-13-18(24)19-20(27-14-16-7-5-4-6-8-16)21-22(28-19)30-23(2,3)29-21/h4-12,18-22H,13-14H2,1-3H3/t18-,19+,20-,21+,22+,24?/m0/s1. The van der Waals surface area contributed by atoms with Crippen LogP contribution in [0.1, 0.15) is 25.0 Å². The largest absolute Gasteiger partial charge is 0.368 e. The van der Waals surface area contributed by atoms with E-state index in [0.717, 1.165) is 11.1 Å². The molecule has 0 amide bonds. The molecule has 6 atom stereocenters. The van der Waals surface area contributed by atoms with Gasteiger partial charge in [-0.15, -0.1) is 0 Å². The van der Waals surface area contributed by atoms with Crippen LogP contribution in [0.2, 0.25) is 0 Å². The molecule has 2 aromatic rings. The predicted molar refractivity (Wildman–Crippen MR) is 113 cm³/mol. The monoisotopic (exact) mass is 445 g/mol. The van der Waals surface area contributed by atoms with Gasteiger partial charge in [0.25, 0.3) is 0 Å². The zero-order valence-electron chi connectivity index (χ0n) is 17.8. The van der Waals surface area contributed by atoms with Crippen molar-refractivity contribution in [1.82, 2.24) is 4.31 Å². The minimum Gasteiger partial charge on any atom is -0.368 e. The molecule has 3 aliphatic heterocycles. The molecule has 3 saturated heterocycles. The number of aryl methyl sites for hydroxylation is 1. The van der Waals surface area contributed by atoms with E-state index in [1.807, 2.05) is 51.1 Å². The number of nitrogens with zero attached hydrogens (tertiary/aromatic N) is 1. The molecule has 2 aromatic carbocycles. The van der Waals surface area contributed by atoms with Gasteiger partial charge in [0, 0.05) is 6.54 Å². The van der Waals surface area contributed by atoms with Gasteiger partial charge in [0.05, 0.1) is 17.5 Å². The first-order valence-corrected chi connectivity index (χ1v) is 11.9. The molecule has 1 unspecified atom stereocenters. The highest BCUT2D eigenvalue weighted by molar-refractivity contribution is 7.89. The minimum atomic E-state index is -3.59. The number of sulfonamides is 1. The van der Waals surface area contributed by atoms with Crippen LogP contribution in [-0.4, -0.2) is 55.7 Å². The van der Waals surface area contributed by atoms with Crippen molar-refractivity contribution in [1.29, 1.82) is 0 Å². The van der Waals surface area contributed by atoms with Gasteiger partial charge in [-0.05, 0) is 38.5 Å². The molecule has 0 N–H and O–H groups in total. The van der Waals surface area contributed by atoms with Crippen LogP contribution in [0, 0.1) is 6.92 Å². The average Bonchev–Trinajstić information content (AvgIpc) is 3.40. The number of ether oxygens (including phenoxy) is 4. The third kappa shape index (κ3) is 4.04. The van der Waals surface area contributed by atoms with Crippen LogP contribution in [0.3, 0.4) is 0 Å². The van der Waals surface area contributed by atoms with Crippen molar-refractivity contribution in [3.8, 4) is 0 Å². The fourth-order valence-corrected chi connectivity index (χ4v) is 5.87. The highest BCUT2D eigenvalue weighted by Crippen LogP contribution is 2.44. The molecule has 166 valence electrons. The van der Waals surface area contributed by atoms with E-state index in [-0.39, 0.29) is 10.9 Å². The Bertz CT molecular complexity index is 1040. The molecular formula is C23H27NO6S. The summed E-state index contributed by atoms with van der Waals surface area (Å²) in [6, 6.07) is 16.4. The van der Waals surface area contributed by atoms with E-state index in [2.05, 4.69) is 0 Å². The first kappa shape index (κ1) is 21.1. The molecule has 3 fully saturated rings. The van der Waals surface area contributed by atoms with Crippen molar-refractivity contribution in [3.05, 3.63) is 65.7 Å². The molecule has 7 nitrogen and oxygen atoms in total. The third-order valence-electron chi connectivity index (χ3n) is 5.92. The molecule has 3 heterocycles. The molecular weight excluding hydrogens is 418 g/mol. The van der Waals surface area contributed by atoms with Gasteiger partial charge in [-0.2, -0.15) is 4.31 Å². The normalized spacial score (nSPS) is 33.9. The van der Waals surface area contributed by atoms with E-state index in [1.165, 1.54) is 4.31 Å².